The van der Waals surface area contributed by atoms with Crippen LogP contribution in [0.3, 0.4) is 0 Å². The average molecular weight is 382 g/mol. The van der Waals surface area contributed by atoms with Crippen molar-refractivity contribution < 1.29 is 13.5 Å². The Kier molecular flexibility index (Phi) is 7.00. The van der Waals surface area contributed by atoms with Crippen molar-refractivity contribution in [2.24, 2.45) is 0 Å². The number of hydrogen-bond acceptors (Lipinski definition) is 4. The first-order valence-corrected chi connectivity index (χ1v) is 9.74. The van der Waals surface area contributed by atoms with E-state index in [1.54, 1.807) is 24.8 Å². The second kappa shape index (κ2) is 7.79. The summed E-state index contributed by atoms with van der Waals surface area (Å²) in [5.41, 5.74) is 1.21. The summed E-state index contributed by atoms with van der Waals surface area (Å²) in [6, 6.07) is 3.10. The molecule has 4 nitrogen and oxygen atoms in total. The van der Waals surface area contributed by atoms with Crippen LogP contribution in [0.4, 0.5) is 0 Å². The number of nitrogens with one attached hydrogen (secondary N) is 1. The molecule has 0 bridgehead atoms. The number of thioether (sulfide) groups is 1. The van der Waals surface area contributed by atoms with Gasteiger partial charge in [0.1, 0.15) is 0 Å². The van der Waals surface area contributed by atoms with Gasteiger partial charge in [-0.15, -0.1) is 0 Å². The van der Waals surface area contributed by atoms with Gasteiger partial charge in [0.25, 0.3) is 0 Å². The third kappa shape index (κ3) is 4.73. The lowest BCUT2D eigenvalue weighted by molar-refractivity contribution is 0.281. The Morgan fingerprint density at radius 3 is 2.65 bits per heavy atom. The minimum absolute atomic E-state index is 0.138. The highest BCUT2D eigenvalue weighted by molar-refractivity contribution is 9.10. The van der Waals surface area contributed by atoms with Crippen LogP contribution in [0.5, 0.6) is 0 Å². The minimum Gasteiger partial charge on any atom is -0.392 e. The second-order valence-corrected chi connectivity index (χ2v) is 8.40. The average Bonchev–Trinajstić information content (AvgIpc) is 2.38. The molecule has 1 atom stereocenters. The van der Waals surface area contributed by atoms with Crippen LogP contribution in [0.25, 0.3) is 0 Å². The molecule has 1 aromatic carbocycles. The Hall–Kier alpha value is -0.0800. The molecule has 0 spiro atoms. The minimum atomic E-state index is -3.58. The van der Waals surface area contributed by atoms with Gasteiger partial charge in [-0.05, 0) is 42.9 Å². The van der Waals surface area contributed by atoms with Crippen molar-refractivity contribution in [2.45, 2.75) is 38.3 Å². The number of benzene rings is 1. The van der Waals surface area contributed by atoms with E-state index in [2.05, 4.69) is 20.7 Å². The predicted octanol–water partition coefficient (Wildman–Crippen LogP) is 2.67. The molecule has 7 heteroatoms. The number of rotatable bonds is 7. The van der Waals surface area contributed by atoms with Crippen molar-refractivity contribution in [2.75, 3.05) is 11.5 Å². The smallest absolute Gasteiger partial charge is 0.241 e. The van der Waals surface area contributed by atoms with Crippen LogP contribution in [-0.2, 0) is 16.6 Å². The highest BCUT2D eigenvalue weighted by atomic mass is 79.9. The van der Waals surface area contributed by atoms with Crippen molar-refractivity contribution in [3.05, 3.63) is 27.7 Å². The lowest BCUT2D eigenvalue weighted by atomic mass is 10.2. The number of halogens is 1. The molecule has 0 amide bonds. The zero-order valence-corrected chi connectivity index (χ0v) is 15.0. The van der Waals surface area contributed by atoms with E-state index in [4.69, 9.17) is 0 Å². The summed E-state index contributed by atoms with van der Waals surface area (Å²) in [6.07, 6.45) is 0. The molecule has 2 N–H and O–H groups in total. The van der Waals surface area contributed by atoms with Crippen molar-refractivity contribution in [3.63, 3.8) is 0 Å². The van der Waals surface area contributed by atoms with Crippen LogP contribution in [0.15, 0.2) is 21.5 Å². The van der Waals surface area contributed by atoms with Gasteiger partial charge < -0.3 is 5.11 Å². The zero-order chi connectivity index (χ0) is 15.3. The second-order valence-electron chi connectivity index (χ2n) is 4.54. The van der Waals surface area contributed by atoms with Gasteiger partial charge in [0.15, 0.2) is 0 Å². The Bertz CT molecular complexity index is 561. The first-order valence-electron chi connectivity index (χ1n) is 6.31. The van der Waals surface area contributed by atoms with E-state index >= 15 is 0 Å². The van der Waals surface area contributed by atoms with Crippen LogP contribution in [0.1, 0.15) is 25.0 Å². The predicted molar refractivity (Wildman–Crippen MR) is 87.6 cm³/mol. The highest BCUT2D eigenvalue weighted by Gasteiger charge is 2.21. The van der Waals surface area contributed by atoms with Gasteiger partial charge in [-0.25, -0.2) is 13.1 Å². The maximum atomic E-state index is 12.4. The van der Waals surface area contributed by atoms with Crippen LogP contribution in [0.2, 0.25) is 0 Å². The molecular formula is C13H20BrNO3S2. The van der Waals surface area contributed by atoms with Crippen molar-refractivity contribution >= 4 is 37.7 Å². The molecule has 0 fully saturated rings. The molecule has 0 aliphatic heterocycles. The summed E-state index contributed by atoms with van der Waals surface area (Å²) in [5.74, 6) is 1.69. The molecule has 0 heterocycles. The quantitative estimate of drug-likeness (QED) is 0.761. The summed E-state index contributed by atoms with van der Waals surface area (Å²) in [5, 5.41) is 9.20. The van der Waals surface area contributed by atoms with Crippen molar-refractivity contribution in [1.29, 1.82) is 0 Å². The van der Waals surface area contributed by atoms with Crippen LogP contribution in [-0.4, -0.2) is 31.1 Å². The largest absolute Gasteiger partial charge is 0.392 e. The van der Waals surface area contributed by atoms with Crippen LogP contribution in [0, 0.1) is 6.92 Å². The molecule has 114 valence electrons. The first kappa shape index (κ1) is 18.0. The van der Waals surface area contributed by atoms with E-state index < -0.39 is 10.0 Å². The van der Waals surface area contributed by atoms with Crippen molar-refractivity contribution in [1.82, 2.24) is 4.72 Å². The van der Waals surface area contributed by atoms with Gasteiger partial charge in [-0.2, -0.15) is 11.8 Å². The summed E-state index contributed by atoms with van der Waals surface area (Å²) in [6.45, 7) is 5.44. The molecule has 0 radical (unpaired) electrons. The molecule has 1 rings (SSSR count). The summed E-state index contributed by atoms with van der Waals surface area (Å²) in [7, 11) is -3.58. The SMILES string of the molecule is CCSCC(C)NS(=O)(=O)c1cc(CO)cc(Br)c1C. The van der Waals surface area contributed by atoms with E-state index in [9.17, 15) is 13.5 Å². The topological polar surface area (TPSA) is 66.4 Å². The summed E-state index contributed by atoms with van der Waals surface area (Å²) in [4.78, 5) is 0.212. The maximum Gasteiger partial charge on any atom is 0.241 e. The number of aliphatic hydroxyl groups excluding tert-OH is 1. The van der Waals surface area contributed by atoms with Crippen LogP contribution < -0.4 is 4.72 Å². The molecule has 1 unspecified atom stereocenters. The summed E-state index contributed by atoms with van der Waals surface area (Å²) < 4.78 is 28.2. The van der Waals surface area contributed by atoms with E-state index in [-0.39, 0.29) is 17.5 Å². The molecule has 0 aromatic heterocycles. The third-order valence-electron chi connectivity index (χ3n) is 2.76. The fraction of sp³-hybridized carbons (Fsp3) is 0.538. The Morgan fingerprint density at radius 1 is 1.45 bits per heavy atom. The highest BCUT2D eigenvalue weighted by Crippen LogP contribution is 2.26. The Morgan fingerprint density at radius 2 is 2.10 bits per heavy atom. The van der Waals surface area contributed by atoms with Gasteiger partial charge in [-0.1, -0.05) is 22.9 Å². The van der Waals surface area contributed by atoms with Crippen molar-refractivity contribution in [3.8, 4) is 0 Å². The first-order chi connectivity index (χ1) is 9.31. The lowest BCUT2D eigenvalue weighted by Crippen LogP contribution is -2.34. The third-order valence-corrected chi connectivity index (χ3v) is 6.44. The Labute approximate surface area is 133 Å². The monoisotopic (exact) mass is 381 g/mol. The van der Waals surface area contributed by atoms with Gasteiger partial charge in [0.2, 0.25) is 10.0 Å². The zero-order valence-electron chi connectivity index (χ0n) is 11.8. The number of aliphatic hydroxyl groups is 1. The molecule has 0 aliphatic rings. The fourth-order valence-corrected chi connectivity index (χ4v) is 4.71. The maximum absolute atomic E-state index is 12.4. The number of hydrogen-bond donors (Lipinski definition) is 2. The molecular weight excluding hydrogens is 362 g/mol. The molecule has 0 aliphatic carbocycles. The van der Waals surface area contributed by atoms with Gasteiger partial charge >= 0.3 is 0 Å². The van der Waals surface area contributed by atoms with E-state index in [0.29, 0.717) is 15.6 Å². The summed E-state index contributed by atoms with van der Waals surface area (Å²) >= 11 is 5.02. The van der Waals surface area contributed by atoms with E-state index in [1.165, 1.54) is 6.07 Å². The number of sulfonamides is 1. The van der Waals surface area contributed by atoms with E-state index in [1.807, 2.05) is 13.8 Å². The van der Waals surface area contributed by atoms with E-state index in [0.717, 1.165) is 11.5 Å². The lowest BCUT2D eigenvalue weighted by Gasteiger charge is -2.16. The Balaban J connectivity index is 3.06. The molecule has 0 saturated carbocycles. The van der Waals surface area contributed by atoms with Gasteiger partial charge in [-0.3, -0.25) is 0 Å². The fourth-order valence-electron chi connectivity index (χ4n) is 1.73. The normalized spacial score (nSPS) is 13.4. The van der Waals surface area contributed by atoms with Crippen LogP contribution >= 0.6 is 27.7 Å². The molecule has 20 heavy (non-hydrogen) atoms. The van der Waals surface area contributed by atoms with Gasteiger partial charge in [0.05, 0.1) is 11.5 Å². The molecule has 1 aromatic rings. The standard InChI is InChI=1S/C13H20BrNO3S2/c1-4-19-8-9(2)15-20(17,18)13-6-11(7-16)5-12(14)10(13)3/h5-6,9,15-16H,4,7-8H2,1-3H3. The molecule has 0 saturated heterocycles. The van der Waals surface area contributed by atoms with Gasteiger partial charge in [0, 0.05) is 16.3 Å².